The van der Waals surface area contributed by atoms with Gasteiger partial charge in [0.1, 0.15) is 21.8 Å². The van der Waals surface area contributed by atoms with Crippen molar-refractivity contribution >= 4 is 64.2 Å². The maximum absolute atomic E-state index is 12.4. The van der Waals surface area contributed by atoms with Crippen LogP contribution in [-0.2, 0) is 14.4 Å². The lowest BCUT2D eigenvalue weighted by molar-refractivity contribution is -0.157. The van der Waals surface area contributed by atoms with Crippen LogP contribution in [0.2, 0.25) is 0 Å². The van der Waals surface area contributed by atoms with E-state index < -0.39 is 17.4 Å². The quantitative estimate of drug-likeness (QED) is 0.370. The van der Waals surface area contributed by atoms with Gasteiger partial charge in [-0.05, 0) is 6.92 Å². The molecule has 8 nitrogen and oxygen atoms in total. The Labute approximate surface area is 167 Å². The molecule has 142 valence electrons. The molecule has 1 aromatic heterocycles. The summed E-state index contributed by atoms with van der Waals surface area (Å²) in [6.07, 6.45) is 0.152. The number of hydrogen-bond acceptors (Lipinski definition) is 8. The molecule has 3 heterocycles. The van der Waals surface area contributed by atoms with Crippen molar-refractivity contribution in [3.63, 3.8) is 0 Å². The van der Waals surface area contributed by atoms with Crippen molar-refractivity contribution in [3.8, 4) is 0 Å². The van der Waals surface area contributed by atoms with E-state index in [1.54, 1.807) is 4.90 Å². The number of hydrogen-bond donors (Lipinski definition) is 2. The SMILES string of the molecule is Cc1nnc(SCC2(C(=O)O)CS[C@@H]3C(NC(=O)CCCl)C(=O)N3C2)s1. The number of halogens is 1. The molecular formula is C14H17ClN4O4S3. The number of β-lactam (4-membered cyclic amide) rings is 1. The van der Waals surface area contributed by atoms with E-state index in [0.29, 0.717) is 11.5 Å². The smallest absolute Gasteiger partial charge is 0.313 e. The fourth-order valence-corrected chi connectivity index (χ4v) is 6.62. The lowest BCUT2D eigenvalue weighted by atomic mass is 9.89. The van der Waals surface area contributed by atoms with Gasteiger partial charge in [0.05, 0.1) is 0 Å². The zero-order valence-electron chi connectivity index (χ0n) is 13.8. The summed E-state index contributed by atoms with van der Waals surface area (Å²) >= 11 is 9.69. The van der Waals surface area contributed by atoms with Gasteiger partial charge in [0, 0.05) is 30.4 Å². The van der Waals surface area contributed by atoms with Crippen molar-refractivity contribution in [3.05, 3.63) is 5.01 Å². The monoisotopic (exact) mass is 436 g/mol. The van der Waals surface area contributed by atoms with Crippen molar-refractivity contribution < 1.29 is 19.5 Å². The van der Waals surface area contributed by atoms with Gasteiger partial charge in [-0.25, -0.2) is 0 Å². The number of nitrogens with zero attached hydrogens (tertiary/aromatic N) is 3. The number of rotatable bonds is 7. The summed E-state index contributed by atoms with van der Waals surface area (Å²) in [5.41, 5.74) is -1.05. The number of aryl methyl sites for hydroxylation is 1. The third-order valence-electron chi connectivity index (χ3n) is 4.22. The first-order chi connectivity index (χ1) is 12.4. The lowest BCUT2D eigenvalue weighted by Crippen LogP contribution is -2.74. The van der Waals surface area contributed by atoms with E-state index in [9.17, 15) is 19.5 Å². The normalized spacial score (nSPS) is 27.6. The number of carbonyl (C=O) groups is 3. The molecule has 2 unspecified atom stereocenters. The average Bonchev–Trinajstić information content (AvgIpc) is 3.03. The minimum absolute atomic E-state index is 0.130. The van der Waals surface area contributed by atoms with Crippen molar-refractivity contribution in [1.82, 2.24) is 20.4 Å². The Balaban J connectivity index is 1.64. The van der Waals surface area contributed by atoms with Crippen LogP contribution in [0.1, 0.15) is 11.4 Å². The lowest BCUT2D eigenvalue weighted by Gasteiger charge is -2.53. The van der Waals surface area contributed by atoms with Gasteiger partial charge >= 0.3 is 5.97 Å². The Kier molecular flexibility index (Phi) is 6.00. The fourth-order valence-electron chi connectivity index (χ4n) is 2.77. The zero-order valence-corrected chi connectivity index (χ0v) is 17.0. The largest absolute Gasteiger partial charge is 0.481 e. The molecule has 26 heavy (non-hydrogen) atoms. The first-order valence-corrected chi connectivity index (χ1v) is 11.2. The predicted octanol–water partition coefficient (Wildman–Crippen LogP) is 1.04. The third-order valence-corrected chi connectivity index (χ3v) is 8.25. The van der Waals surface area contributed by atoms with Gasteiger partial charge in [-0.1, -0.05) is 23.1 Å². The predicted molar refractivity (Wildman–Crippen MR) is 101 cm³/mol. The molecule has 0 spiro atoms. The first kappa shape index (κ1) is 19.7. The molecule has 2 amide bonds. The summed E-state index contributed by atoms with van der Waals surface area (Å²) in [7, 11) is 0. The van der Waals surface area contributed by atoms with E-state index in [1.807, 2.05) is 6.92 Å². The second-order valence-electron chi connectivity index (χ2n) is 6.11. The number of alkyl halides is 1. The molecule has 0 saturated carbocycles. The molecule has 2 saturated heterocycles. The van der Waals surface area contributed by atoms with Crippen LogP contribution in [0.25, 0.3) is 0 Å². The highest BCUT2D eigenvalue weighted by atomic mass is 35.5. The van der Waals surface area contributed by atoms with E-state index in [1.165, 1.54) is 34.9 Å². The van der Waals surface area contributed by atoms with Gasteiger partial charge in [-0.15, -0.1) is 33.6 Å². The van der Waals surface area contributed by atoms with Gasteiger partial charge < -0.3 is 15.3 Å². The average molecular weight is 437 g/mol. The van der Waals surface area contributed by atoms with E-state index in [-0.39, 0.29) is 36.0 Å². The second-order valence-corrected chi connectivity index (χ2v) is 10.0. The molecule has 0 aliphatic carbocycles. The number of carbonyl (C=O) groups excluding carboxylic acids is 2. The third kappa shape index (κ3) is 3.80. The minimum atomic E-state index is -1.05. The molecular weight excluding hydrogens is 420 g/mol. The topological polar surface area (TPSA) is 112 Å². The molecule has 0 radical (unpaired) electrons. The van der Waals surface area contributed by atoms with Crippen LogP contribution in [0.15, 0.2) is 4.34 Å². The number of carboxylic acid groups (broad SMARTS) is 1. The number of fused-ring (bicyclic) bond motifs is 1. The van der Waals surface area contributed by atoms with Crippen LogP contribution in [-0.4, -0.2) is 73.3 Å². The van der Waals surface area contributed by atoms with Crippen molar-refractivity contribution in [2.24, 2.45) is 5.41 Å². The number of nitrogens with one attached hydrogen (secondary N) is 1. The molecule has 2 N–H and O–H groups in total. The molecule has 12 heteroatoms. The first-order valence-electron chi connectivity index (χ1n) is 7.80. The van der Waals surface area contributed by atoms with Crippen molar-refractivity contribution in [2.75, 3.05) is 23.9 Å². The molecule has 3 rings (SSSR count). The highest BCUT2D eigenvalue weighted by Gasteiger charge is 2.57. The van der Waals surface area contributed by atoms with Crippen molar-refractivity contribution in [2.45, 2.75) is 29.1 Å². The van der Waals surface area contributed by atoms with Crippen LogP contribution < -0.4 is 5.32 Å². The molecule has 0 bridgehead atoms. The fraction of sp³-hybridized carbons (Fsp3) is 0.643. The Morgan fingerprint density at radius 1 is 1.50 bits per heavy atom. The van der Waals surface area contributed by atoms with E-state index in [4.69, 9.17) is 11.6 Å². The molecule has 2 fully saturated rings. The number of thioether (sulfide) groups is 2. The summed E-state index contributed by atoms with van der Waals surface area (Å²) < 4.78 is 0.719. The maximum atomic E-state index is 12.4. The van der Waals surface area contributed by atoms with Crippen LogP contribution in [0.3, 0.4) is 0 Å². The summed E-state index contributed by atoms with van der Waals surface area (Å²) in [5.74, 6) is -0.575. The van der Waals surface area contributed by atoms with Gasteiger partial charge in [-0.2, -0.15) is 0 Å². The molecule has 2 aliphatic rings. The minimum Gasteiger partial charge on any atom is -0.481 e. The number of carboxylic acids is 1. The molecule has 3 atom stereocenters. The Hall–Kier alpha value is -1.04. The van der Waals surface area contributed by atoms with E-state index >= 15 is 0 Å². The summed E-state index contributed by atoms with van der Waals surface area (Å²) in [4.78, 5) is 37.5. The van der Waals surface area contributed by atoms with E-state index in [2.05, 4.69) is 15.5 Å². The summed E-state index contributed by atoms with van der Waals surface area (Å²) in [6.45, 7) is 1.97. The zero-order chi connectivity index (χ0) is 18.9. The standard InChI is InChI=1S/C14H17ClN4O4S3/c1-7-17-18-13(26-7)25-6-14(12(22)23)4-19-10(21)9(11(19)24-5-14)16-8(20)2-3-15/h9,11H,2-6H2,1H3,(H,16,20)(H,22,23)/t9?,11-,14?/m1/s1. The number of aromatic nitrogens is 2. The van der Waals surface area contributed by atoms with Crippen LogP contribution in [0.4, 0.5) is 0 Å². The van der Waals surface area contributed by atoms with Crippen LogP contribution >= 0.6 is 46.5 Å². The van der Waals surface area contributed by atoms with Gasteiger partial charge in [0.15, 0.2) is 4.34 Å². The number of aliphatic carboxylic acids is 1. The molecule has 2 aliphatic heterocycles. The van der Waals surface area contributed by atoms with E-state index in [0.717, 1.165) is 9.35 Å². The number of amides is 2. The molecule has 1 aromatic rings. The summed E-state index contributed by atoms with van der Waals surface area (Å²) in [5, 5.41) is 21.0. The van der Waals surface area contributed by atoms with Gasteiger partial charge in [-0.3, -0.25) is 14.4 Å². The van der Waals surface area contributed by atoms with Crippen molar-refractivity contribution in [1.29, 1.82) is 0 Å². The van der Waals surface area contributed by atoms with Gasteiger partial charge in [0.25, 0.3) is 0 Å². The Bertz CT molecular complexity index is 733. The van der Waals surface area contributed by atoms with Crippen LogP contribution in [0, 0.1) is 12.3 Å². The maximum Gasteiger partial charge on any atom is 0.313 e. The van der Waals surface area contributed by atoms with Crippen LogP contribution in [0.5, 0.6) is 0 Å². The second kappa shape index (κ2) is 7.91. The van der Waals surface area contributed by atoms with Gasteiger partial charge in [0.2, 0.25) is 11.8 Å². The Morgan fingerprint density at radius 2 is 2.27 bits per heavy atom. The molecule has 0 aromatic carbocycles. The highest BCUT2D eigenvalue weighted by Crippen LogP contribution is 2.44. The highest BCUT2D eigenvalue weighted by molar-refractivity contribution is 8.01. The summed E-state index contributed by atoms with van der Waals surface area (Å²) in [6, 6.07) is -0.596. The Morgan fingerprint density at radius 3 is 2.88 bits per heavy atom.